The Labute approximate surface area is 83.2 Å². The summed E-state index contributed by atoms with van der Waals surface area (Å²) < 4.78 is 0. The maximum Gasteiger partial charge on any atom is 0.160 e. The molecule has 0 fully saturated rings. The van der Waals surface area contributed by atoms with Crippen LogP contribution in [0, 0.1) is 0 Å². The first-order valence-corrected chi connectivity index (χ1v) is 5.33. The minimum absolute atomic E-state index is 0.522. The van der Waals surface area contributed by atoms with Crippen LogP contribution in [0.2, 0.25) is 0 Å². The zero-order valence-corrected chi connectivity index (χ0v) is 9.10. The first kappa shape index (κ1) is 10.3. The Morgan fingerprint density at radius 2 is 2.38 bits per heavy atom. The summed E-state index contributed by atoms with van der Waals surface area (Å²) >= 11 is 1.50. The van der Waals surface area contributed by atoms with Gasteiger partial charge >= 0.3 is 0 Å². The van der Waals surface area contributed by atoms with Gasteiger partial charge < -0.3 is 4.90 Å². The Morgan fingerprint density at radius 3 is 2.85 bits per heavy atom. The van der Waals surface area contributed by atoms with E-state index in [-0.39, 0.29) is 0 Å². The standard InChI is InChI=1S/C10H15NOS/c1-4-8(2)11(3)9-5-10(6-12)13-7-9/h5-8H,4H2,1-3H3. The van der Waals surface area contributed by atoms with Gasteiger partial charge in [0.2, 0.25) is 0 Å². The van der Waals surface area contributed by atoms with Crippen molar-refractivity contribution in [1.82, 2.24) is 0 Å². The number of aldehydes is 1. The van der Waals surface area contributed by atoms with Gasteiger partial charge in [0.05, 0.1) is 4.88 Å². The first-order valence-electron chi connectivity index (χ1n) is 4.45. The Kier molecular flexibility index (Phi) is 3.48. The number of nitrogens with zero attached hydrogens (tertiary/aromatic N) is 1. The predicted molar refractivity (Wildman–Crippen MR) is 57.9 cm³/mol. The maximum atomic E-state index is 10.5. The highest BCUT2D eigenvalue weighted by atomic mass is 32.1. The Morgan fingerprint density at radius 1 is 1.69 bits per heavy atom. The molecule has 3 heteroatoms. The summed E-state index contributed by atoms with van der Waals surface area (Å²) in [5.74, 6) is 0. The van der Waals surface area contributed by atoms with Gasteiger partial charge in [0.15, 0.2) is 6.29 Å². The van der Waals surface area contributed by atoms with Crippen LogP contribution in [0.25, 0.3) is 0 Å². The van der Waals surface area contributed by atoms with Gasteiger partial charge in [-0.3, -0.25) is 4.79 Å². The predicted octanol–water partition coefficient (Wildman–Crippen LogP) is 2.80. The van der Waals surface area contributed by atoms with Crippen molar-refractivity contribution in [3.05, 3.63) is 16.3 Å². The molecule has 1 rings (SSSR count). The molecule has 1 aromatic rings. The number of rotatable bonds is 4. The lowest BCUT2D eigenvalue weighted by Crippen LogP contribution is -2.27. The van der Waals surface area contributed by atoms with Gasteiger partial charge in [-0.1, -0.05) is 6.92 Å². The molecule has 13 heavy (non-hydrogen) atoms. The van der Waals surface area contributed by atoms with E-state index in [0.29, 0.717) is 6.04 Å². The molecule has 0 aliphatic heterocycles. The highest BCUT2D eigenvalue weighted by molar-refractivity contribution is 7.12. The van der Waals surface area contributed by atoms with E-state index < -0.39 is 0 Å². The molecule has 72 valence electrons. The Bertz CT molecular complexity index is 282. The van der Waals surface area contributed by atoms with E-state index in [2.05, 4.69) is 25.8 Å². The maximum absolute atomic E-state index is 10.5. The molecule has 1 atom stereocenters. The summed E-state index contributed by atoms with van der Waals surface area (Å²) in [6.45, 7) is 4.34. The average Bonchev–Trinajstić information content (AvgIpc) is 2.63. The topological polar surface area (TPSA) is 20.3 Å². The molecule has 2 nitrogen and oxygen atoms in total. The van der Waals surface area contributed by atoms with Crippen LogP contribution in [0.4, 0.5) is 5.69 Å². The van der Waals surface area contributed by atoms with Crippen molar-refractivity contribution in [1.29, 1.82) is 0 Å². The van der Waals surface area contributed by atoms with Crippen molar-refractivity contribution in [3.8, 4) is 0 Å². The minimum atomic E-state index is 0.522. The van der Waals surface area contributed by atoms with Crippen molar-refractivity contribution in [2.75, 3.05) is 11.9 Å². The van der Waals surface area contributed by atoms with Crippen LogP contribution < -0.4 is 4.90 Å². The van der Waals surface area contributed by atoms with E-state index in [4.69, 9.17) is 0 Å². The fourth-order valence-electron chi connectivity index (χ4n) is 1.12. The van der Waals surface area contributed by atoms with Crippen LogP contribution in [-0.4, -0.2) is 19.4 Å². The number of carbonyl (C=O) groups is 1. The molecule has 0 amide bonds. The van der Waals surface area contributed by atoms with E-state index in [0.717, 1.165) is 23.3 Å². The Balaban J connectivity index is 2.76. The normalized spacial score (nSPS) is 12.5. The number of thiophene rings is 1. The van der Waals surface area contributed by atoms with Crippen LogP contribution >= 0.6 is 11.3 Å². The molecule has 1 aromatic heterocycles. The molecular weight excluding hydrogens is 182 g/mol. The zero-order chi connectivity index (χ0) is 9.84. The highest BCUT2D eigenvalue weighted by Crippen LogP contribution is 2.23. The number of hydrogen-bond donors (Lipinski definition) is 0. The molecule has 0 spiro atoms. The van der Waals surface area contributed by atoms with E-state index >= 15 is 0 Å². The van der Waals surface area contributed by atoms with Gasteiger partial charge in [0.25, 0.3) is 0 Å². The summed E-state index contributed by atoms with van der Waals surface area (Å²) in [4.78, 5) is 13.5. The lowest BCUT2D eigenvalue weighted by molar-refractivity contribution is 0.112. The van der Waals surface area contributed by atoms with Crippen molar-refractivity contribution in [2.24, 2.45) is 0 Å². The average molecular weight is 197 g/mol. The van der Waals surface area contributed by atoms with Crippen LogP contribution in [0.3, 0.4) is 0 Å². The van der Waals surface area contributed by atoms with Gasteiger partial charge in [0.1, 0.15) is 0 Å². The number of anilines is 1. The minimum Gasteiger partial charge on any atom is -0.371 e. The molecule has 0 N–H and O–H groups in total. The van der Waals surface area contributed by atoms with Gasteiger partial charge in [-0.2, -0.15) is 0 Å². The molecule has 1 unspecified atom stereocenters. The van der Waals surface area contributed by atoms with E-state index in [9.17, 15) is 4.79 Å². The van der Waals surface area contributed by atoms with Crippen LogP contribution in [0.5, 0.6) is 0 Å². The smallest absolute Gasteiger partial charge is 0.160 e. The summed E-state index contributed by atoms with van der Waals surface area (Å²) in [6.07, 6.45) is 2.02. The van der Waals surface area contributed by atoms with Crippen molar-refractivity contribution in [3.63, 3.8) is 0 Å². The third-order valence-electron chi connectivity index (χ3n) is 2.38. The molecular formula is C10H15NOS. The van der Waals surface area contributed by atoms with Gasteiger partial charge in [-0.15, -0.1) is 11.3 Å². The fourth-order valence-corrected chi connectivity index (χ4v) is 1.85. The summed E-state index contributed by atoms with van der Waals surface area (Å²) in [5, 5.41) is 2.02. The lowest BCUT2D eigenvalue weighted by Gasteiger charge is -2.24. The van der Waals surface area contributed by atoms with Crippen LogP contribution in [0.15, 0.2) is 11.4 Å². The molecule has 0 bridgehead atoms. The van der Waals surface area contributed by atoms with Gasteiger partial charge in [-0.25, -0.2) is 0 Å². The Hall–Kier alpha value is -0.830. The number of carbonyl (C=O) groups excluding carboxylic acids is 1. The van der Waals surface area contributed by atoms with E-state index in [1.54, 1.807) is 0 Å². The second-order valence-corrected chi connectivity index (χ2v) is 4.14. The first-order chi connectivity index (χ1) is 6.19. The molecule has 0 saturated carbocycles. The second-order valence-electron chi connectivity index (χ2n) is 3.19. The quantitative estimate of drug-likeness (QED) is 0.692. The molecule has 0 aliphatic rings. The molecule has 1 heterocycles. The van der Waals surface area contributed by atoms with Crippen molar-refractivity contribution < 1.29 is 4.79 Å². The second kappa shape index (κ2) is 4.42. The molecule has 0 saturated heterocycles. The summed E-state index contributed by atoms with van der Waals surface area (Å²) in [5.41, 5.74) is 1.14. The SMILES string of the molecule is CCC(C)N(C)c1csc(C=O)c1. The van der Waals surface area contributed by atoms with E-state index in [1.807, 2.05) is 11.4 Å². The molecule has 0 aliphatic carbocycles. The van der Waals surface area contributed by atoms with E-state index in [1.165, 1.54) is 11.3 Å². The zero-order valence-electron chi connectivity index (χ0n) is 8.28. The fraction of sp³-hybridized carbons (Fsp3) is 0.500. The van der Waals surface area contributed by atoms with Gasteiger partial charge in [0, 0.05) is 24.2 Å². The molecule has 0 radical (unpaired) electrons. The lowest BCUT2D eigenvalue weighted by atomic mass is 10.2. The van der Waals surface area contributed by atoms with Crippen LogP contribution in [0.1, 0.15) is 29.9 Å². The van der Waals surface area contributed by atoms with Gasteiger partial charge in [-0.05, 0) is 19.4 Å². The summed E-state index contributed by atoms with van der Waals surface area (Å²) in [6, 6.07) is 2.46. The molecule has 0 aromatic carbocycles. The highest BCUT2D eigenvalue weighted by Gasteiger charge is 2.09. The summed E-state index contributed by atoms with van der Waals surface area (Å²) in [7, 11) is 2.06. The monoisotopic (exact) mass is 197 g/mol. The van der Waals surface area contributed by atoms with Crippen molar-refractivity contribution in [2.45, 2.75) is 26.3 Å². The van der Waals surface area contributed by atoms with Crippen LogP contribution in [-0.2, 0) is 0 Å². The largest absolute Gasteiger partial charge is 0.371 e. The third-order valence-corrected chi connectivity index (χ3v) is 3.23. The number of hydrogen-bond acceptors (Lipinski definition) is 3. The third kappa shape index (κ3) is 2.31. The van der Waals surface area contributed by atoms with Crippen molar-refractivity contribution >= 4 is 23.3 Å².